The van der Waals surface area contributed by atoms with Crippen molar-refractivity contribution in [1.82, 2.24) is 9.78 Å². The number of hydrogen-bond donors (Lipinski definition) is 0. The molecule has 0 N–H and O–H groups in total. The van der Waals surface area contributed by atoms with E-state index in [1.54, 1.807) is 24.3 Å². The van der Waals surface area contributed by atoms with Gasteiger partial charge in [0.25, 0.3) is 5.56 Å². The maximum atomic E-state index is 12.1. The number of benzene rings is 2. The van der Waals surface area contributed by atoms with Crippen LogP contribution in [0.4, 0.5) is 0 Å². The lowest BCUT2D eigenvalue weighted by Crippen LogP contribution is -2.22. The molecule has 0 fully saturated rings. The maximum Gasteiger partial charge on any atom is 0.267 e. The highest BCUT2D eigenvalue weighted by Gasteiger charge is 2.05. The average Bonchev–Trinajstić information content (AvgIpc) is 2.64. The van der Waals surface area contributed by atoms with E-state index in [1.165, 1.54) is 4.68 Å². The molecular weight excluding hydrogens is 336 g/mol. The highest BCUT2D eigenvalue weighted by molar-refractivity contribution is 6.30. The highest BCUT2D eigenvalue weighted by Crippen LogP contribution is 2.20. The number of rotatable bonds is 6. The van der Waals surface area contributed by atoms with Crippen molar-refractivity contribution < 1.29 is 4.74 Å². The number of aromatic nitrogens is 2. The summed E-state index contributed by atoms with van der Waals surface area (Å²) in [5.41, 5.74) is 2.52. The van der Waals surface area contributed by atoms with Crippen LogP contribution in [-0.4, -0.2) is 16.4 Å². The largest absolute Gasteiger partial charge is 0.494 e. The minimum Gasteiger partial charge on any atom is -0.494 e. The minimum absolute atomic E-state index is 0.137. The molecule has 0 spiro atoms. The average molecular weight is 355 g/mol. The van der Waals surface area contributed by atoms with Crippen LogP contribution in [0, 0.1) is 0 Å². The van der Waals surface area contributed by atoms with Gasteiger partial charge in [0.2, 0.25) is 0 Å². The van der Waals surface area contributed by atoms with Crippen LogP contribution in [-0.2, 0) is 6.54 Å². The van der Waals surface area contributed by atoms with E-state index in [4.69, 9.17) is 16.3 Å². The van der Waals surface area contributed by atoms with Gasteiger partial charge in [-0.2, -0.15) is 5.10 Å². The molecule has 5 heteroatoms. The van der Waals surface area contributed by atoms with Crippen molar-refractivity contribution in [2.75, 3.05) is 6.61 Å². The van der Waals surface area contributed by atoms with Gasteiger partial charge in [0, 0.05) is 16.7 Å². The fourth-order valence-electron chi connectivity index (χ4n) is 2.42. The van der Waals surface area contributed by atoms with Crippen LogP contribution in [0.5, 0.6) is 5.75 Å². The molecule has 3 aromatic rings. The summed E-state index contributed by atoms with van der Waals surface area (Å²) in [5.74, 6) is 0.833. The van der Waals surface area contributed by atoms with E-state index >= 15 is 0 Å². The number of nitrogens with zero attached hydrogens (tertiary/aromatic N) is 2. The molecule has 2 aromatic carbocycles. The third kappa shape index (κ3) is 4.48. The summed E-state index contributed by atoms with van der Waals surface area (Å²) in [7, 11) is 0. The van der Waals surface area contributed by atoms with E-state index in [-0.39, 0.29) is 5.56 Å². The Morgan fingerprint density at radius 3 is 2.40 bits per heavy atom. The standard InChI is InChI=1S/C20H19ClN2O2/c1-2-13-25-18-9-5-16(6-10-18)19-11-12-20(24)23(22-19)14-15-3-7-17(21)8-4-15/h3-12H,2,13-14H2,1H3. The third-order valence-electron chi connectivity index (χ3n) is 3.74. The summed E-state index contributed by atoms with van der Waals surface area (Å²) in [5, 5.41) is 5.15. The molecule has 0 aliphatic heterocycles. The first kappa shape index (κ1) is 17.2. The van der Waals surface area contributed by atoms with E-state index < -0.39 is 0 Å². The van der Waals surface area contributed by atoms with Crippen LogP contribution >= 0.6 is 11.6 Å². The zero-order chi connectivity index (χ0) is 17.6. The van der Waals surface area contributed by atoms with Gasteiger partial charge in [-0.15, -0.1) is 0 Å². The van der Waals surface area contributed by atoms with Crippen LogP contribution in [0.15, 0.2) is 65.5 Å². The second-order valence-corrected chi connectivity index (χ2v) is 6.15. The summed E-state index contributed by atoms with van der Waals surface area (Å²) in [6.45, 7) is 3.17. The molecule has 0 saturated carbocycles. The first-order chi connectivity index (χ1) is 12.2. The van der Waals surface area contributed by atoms with Gasteiger partial charge >= 0.3 is 0 Å². The summed E-state index contributed by atoms with van der Waals surface area (Å²) in [6, 6.07) is 18.4. The fourth-order valence-corrected chi connectivity index (χ4v) is 2.55. The minimum atomic E-state index is -0.137. The molecule has 128 valence electrons. The van der Waals surface area contributed by atoms with Gasteiger partial charge in [0.05, 0.1) is 18.8 Å². The monoisotopic (exact) mass is 354 g/mol. The molecule has 0 aliphatic rings. The van der Waals surface area contributed by atoms with E-state index in [0.717, 1.165) is 29.0 Å². The topological polar surface area (TPSA) is 44.1 Å². The summed E-state index contributed by atoms with van der Waals surface area (Å²) < 4.78 is 7.05. The Morgan fingerprint density at radius 2 is 1.72 bits per heavy atom. The van der Waals surface area contributed by atoms with Crippen molar-refractivity contribution in [3.63, 3.8) is 0 Å². The Morgan fingerprint density at radius 1 is 1.00 bits per heavy atom. The lowest BCUT2D eigenvalue weighted by atomic mass is 10.1. The second-order valence-electron chi connectivity index (χ2n) is 5.71. The maximum absolute atomic E-state index is 12.1. The summed E-state index contributed by atoms with van der Waals surface area (Å²) in [6.07, 6.45) is 0.971. The second kappa shape index (κ2) is 7.99. The Kier molecular flexibility index (Phi) is 5.51. The molecule has 0 amide bonds. The third-order valence-corrected chi connectivity index (χ3v) is 3.99. The lowest BCUT2D eigenvalue weighted by Gasteiger charge is -2.09. The smallest absolute Gasteiger partial charge is 0.267 e. The van der Waals surface area contributed by atoms with Crippen LogP contribution in [0.25, 0.3) is 11.3 Å². The van der Waals surface area contributed by atoms with Crippen LogP contribution in [0.1, 0.15) is 18.9 Å². The zero-order valence-corrected chi connectivity index (χ0v) is 14.7. The molecule has 4 nitrogen and oxygen atoms in total. The zero-order valence-electron chi connectivity index (χ0n) is 14.0. The van der Waals surface area contributed by atoms with Gasteiger partial charge in [-0.25, -0.2) is 4.68 Å². The molecule has 25 heavy (non-hydrogen) atoms. The van der Waals surface area contributed by atoms with Crippen molar-refractivity contribution in [2.24, 2.45) is 0 Å². The van der Waals surface area contributed by atoms with Gasteiger partial charge < -0.3 is 4.74 Å². The first-order valence-electron chi connectivity index (χ1n) is 8.21. The quantitative estimate of drug-likeness (QED) is 0.659. The van der Waals surface area contributed by atoms with Gasteiger partial charge in [0.15, 0.2) is 0 Å². The molecule has 1 heterocycles. The summed E-state index contributed by atoms with van der Waals surface area (Å²) >= 11 is 5.90. The Bertz CT molecular complexity index is 887. The predicted molar refractivity (Wildman–Crippen MR) is 100 cm³/mol. The van der Waals surface area contributed by atoms with Crippen LogP contribution in [0.2, 0.25) is 5.02 Å². The molecule has 0 atom stereocenters. The molecule has 3 rings (SSSR count). The molecule has 0 radical (unpaired) electrons. The van der Waals surface area contributed by atoms with Gasteiger partial charge in [0.1, 0.15) is 5.75 Å². The van der Waals surface area contributed by atoms with Gasteiger partial charge in [-0.05, 0) is 54.4 Å². The van der Waals surface area contributed by atoms with Crippen molar-refractivity contribution in [3.8, 4) is 17.0 Å². The SMILES string of the molecule is CCCOc1ccc(-c2ccc(=O)n(Cc3ccc(Cl)cc3)n2)cc1. The number of ether oxygens (including phenoxy) is 1. The first-order valence-corrected chi connectivity index (χ1v) is 8.59. The van der Waals surface area contributed by atoms with E-state index in [0.29, 0.717) is 18.2 Å². The van der Waals surface area contributed by atoms with Gasteiger partial charge in [-0.3, -0.25) is 4.79 Å². The molecule has 1 aromatic heterocycles. The van der Waals surface area contributed by atoms with Crippen molar-refractivity contribution in [3.05, 3.63) is 81.6 Å². The van der Waals surface area contributed by atoms with Crippen molar-refractivity contribution in [2.45, 2.75) is 19.9 Å². The normalized spacial score (nSPS) is 10.6. The molecule has 0 aliphatic carbocycles. The van der Waals surface area contributed by atoms with E-state index in [1.807, 2.05) is 36.4 Å². The lowest BCUT2D eigenvalue weighted by molar-refractivity contribution is 0.317. The van der Waals surface area contributed by atoms with E-state index in [2.05, 4.69) is 12.0 Å². The van der Waals surface area contributed by atoms with Crippen LogP contribution in [0.3, 0.4) is 0 Å². The Hall–Kier alpha value is -2.59. The molecule has 0 unspecified atom stereocenters. The molecule has 0 bridgehead atoms. The van der Waals surface area contributed by atoms with Crippen LogP contribution < -0.4 is 10.3 Å². The molecule has 0 saturated heterocycles. The van der Waals surface area contributed by atoms with E-state index in [9.17, 15) is 4.79 Å². The number of halogens is 1. The predicted octanol–water partition coefficient (Wildman–Crippen LogP) is 4.40. The highest BCUT2D eigenvalue weighted by atomic mass is 35.5. The van der Waals surface area contributed by atoms with Crippen molar-refractivity contribution in [1.29, 1.82) is 0 Å². The van der Waals surface area contributed by atoms with Crippen molar-refractivity contribution >= 4 is 11.6 Å². The Labute approximate surface area is 151 Å². The summed E-state index contributed by atoms with van der Waals surface area (Å²) in [4.78, 5) is 12.1. The molecular formula is C20H19ClN2O2. The fraction of sp³-hybridized carbons (Fsp3) is 0.200. The number of hydrogen-bond acceptors (Lipinski definition) is 3. The van der Waals surface area contributed by atoms with Gasteiger partial charge in [-0.1, -0.05) is 30.7 Å². The Balaban J connectivity index is 1.83.